The molecule has 2 rings (SSSR count). The topological polar surface area (TPSA) is 58.6 Å². The third kappa shape index (κ3) is 4.98. The number of hydrogen-bond acceptors (Lipinski definition) is 4. The summed E-state index contributed by atoms with van der Waals surface area (Å²) in [5.74, 6) is -0.702. The monoisotopic (exact) mass is 388 g/mol. The third-order valence-electron chi connectivity index (χ3n) is 3.55. The van der Waals surface area contributed by atoms with Crippen molar-refractivity contribution in [2.45, 2.75) is 37.1 Å². The van der Waals surface area contributed by atoms with E-state index in [1.807, 2.05) is 6.92 Å². The van der Waals surface area contributed by atoms with Gasteiger partial charge in [0.05, 0.1) is 0 Å². The molecule has 0 saturated carbocycles. The zero-order chi connectivity index (χ0) is 17.1. The zero-order valence-electron chi connectivity index (χ0n) is 13.0. The normalized spacial score (nSPS) is 18.5. The lowest BCUT2D eigenvalue weighted by Crippen LogP contribution is -2.42. The Balaban J connectivity index is 0.00000288. The van der Waals surface area contributed by atoms with E-state index in [0.717, 1.165) is 12.1 Å². The highest BCUT2D eigenvalue weighted by Gasteiger charge is 2.37. The summed E-state index contributed by atoms with van der Waals surface area (Å²) in [5, 5.41) is 3.07. The maximum absolute atomic E-state index is 12.9. The lowest BCUT2D eigenvalue weighted by molar-refractivity contribution is -0.275. The van der Waals surface area contributed by atoms with E-state index in [9.17, 15) is 21.6 Å². The minimum absolute atomic E-state index is 0. The Morgan fingerprint density at radius 3 is 2.54 bits per heavy atom. The van der Waals surface area contributed by atoms with Crippen LogP contribution in [0.4, 0.5) is 13.2 Å². The van der Waals surface area contributed by atoms with Gasteiger partial charge >= 0.3 is 6.36 Å². The molecule has 10 heteroatoms. The first-order chi connectivity index (χ1) is 10.8. The second-order valence-electron chi connectivity index (χ2n) is 5.26. The molecule has 0 radical (unpaired) electrons. The van der Waals surface area contributed by atoms with Crippen molar-refractivity contribution in [1.82, 2.24) is 9.62 Å². The predicted molar refractivity (Wildman–Crippen MR) is 85.8 cm³/mol. The van der Waals surface area contributed by atoms with Crippen molar-refractivity contribution in [3.63, 3.8) is 0 Å². The lowest BCUT2D eigenvalue weighted by atomic mass is 10.2. The summed E-state index contributed by atoms with van der Waals surface area (Å²) in [6.07, 6.45) is -3.75. The van der Waals surface area contributed by atoms with Crippen molar-refractivity contribution in [3.05, 3.63) is 24.3 Å². The number of para-hydroxylation sites is 1. The summed E-state index contributed by atoms with van der Waals surface area (Å²) >= 11 is 0. The number of ether oxygens (including phenoxy) is 1. The number of benzene rings is 1. The molecule has 5 nitrogen and oxygen atoms in total. The predicted octanol–water partition coefficient (Wildman–Crippen LogP) is 2.77. The van der Waals surface area contributed by atoms with Crippen molar-refractivity contribution in [2.24, 2.45) is 0 Å². The summed E-state index contributed by atoms with van der Waals surface area (Å²) in [4.78, 5) is -0.460. The van der Waals surface area contributed by atoms with E-state index in [0.29, 0.717) is 25.9 Å². The van der Waals surface area contributed by atoms with Crippen LogP contribution in [0.2, 0.25) is 0 Å². The van der Waals surface area contributed by atoms with Crippen LogP contribution < -0.4 is 10.1 Å². The molecule has 1 saturated heterocycles. The van der Waals surface area contributed by atoms with Gasteiger partial charge in [0.1, 0.15) is 10.6 Å². The van der Waals surface area contributed by atoms with Gasteiger partial charge in [-0.1, -0.05) is 19.1 Å². The van der Waals surface area contributed by atoms with Crippen LogP contribution in [0.1, 0.15) is 19.8 Å². The Morgan fingerprint density at radius 2 is 2.00 bits per heavy atom. The van der Waals surface area contributed by atoms with Crippen LogP contribution in [0.15, 0.2) is 29.2 Å². The molecule has 138 valence electrons. The highest BCUT2D eigenvalue weighted by Crippen LogP contribution is 2.32. The summed E-state index contributed by atoms with van der Waals surface area (Å²) in [5.41, 5.74) is 0. The summed E-state index contributed by atoms with van der Waals surface area (Å²) in [6.45, 7) is 3.24. The standard InChI is InChI=1S/C14H19F3N2O3S.ClH/c1-2-9-19(11-7-8-18-10-11)23(20,21)13-6-4-3-5-12(13)22-14(15,16)17;/h3-6,11,18H,2,7-10H2,1H3;1H. The van der Waals surface area contributed by atoms with Crippen LogP contribution in [0.5, 0.6) is 5.75 Å². The molecule has 0 bridgehead atoms. The van der Waals surface area contributed by atoms with E-state index >= 15 is 0 Å². The second-order valence-corrected chi connectivity index (χ2v) is 7.12. The number of nitrogens with one attached hydrogen (secondary N) is 1. The molecule has 0 aliphatic carbocycles. The Bertz CT molecular complexity index is 634. The van der Waals surface area contributed by atoms with Crippen LogP contribution in [0, 0.1) is 0 Å². The number of rotatable bonds is 6. The van der Waals surface area contributed by atoms with E-state index in [2.05, 4.69) is 10.1 Å². The first-order valence-electron chi connectivity index (χ1n) is 7.33. The molecule has 1 aliphatic rings. The van der Waals surface area contributed by atoms with Crippen LogP contribution in [0.3, 0.4) is 0 Å². The van der Waals surface area contributed by atoms with Crippen LogP contribution in [0.25, 0.3) is 0 Å². The van der Waals surface area contributed by atoms with Crippen molar-refractivity contribution in [2.75, 3.05) is 19.6 Å². The number of alkyl halides is 3. The maximum Gasteiger partial charge on any atom is 0.573 e. The van der Waals surface area contributed by atoms with Gasteiger partial charge in [-0.2, -0.15) is 4.31 Å². The van der Waals surface area contributed by atoms with Gasteiger partial charge in [0, 0.05) is 19.1 Å². The second kappa shape index (κ2) is 8.37. The highest BCUT2D eigenvalue weighted by molar-refractivity contribution is 7.89. The van der Waals surface area contributed by atoms with Crippen molar-refractivity contribution < 1.29 is 26.3 Å². The largest absolute Gasteiger partial charge is 0.573 e. The van der Waals surface area contributed by atoms with E-state index in [4.69, 9.17) is 0 Å². The van der Waals surface area contributed by atoms with Crippen LogP contribution >= 0.6 is 12.4 Å². The van der Waals surface area contributed by atoms with Gasteiger partial charge in [-0.25, -0.2) is 8.42 Å². The average Bonchev–Trinajstić information content (AvgIpc) is 2.97. The molecule has 0 spiro atoms. The van der Waals surface area contributed by atoms with Gasteiger partial charge < -0.3 is 10.1 Å². The fourth-order valence-corrected chi connectivity index (χ4v) is 4.47. The van der Waals surface area contributed by atoms with Crippen LogP contribution in [-0.2, 0) is 10.0 Å². The lowest BCUT2D eigenvalue weighted by Gasteiger charge is -2.28. The number of nitrogens with zero attached hydrogens (tertiary/aromatic N) is 1. The molecule has 24 heavy (non-hydrogen) atoms. The average molecular weight is 389 g/mol. The van der Waals surface area contributed by atoms with Crippen molar-refractivity contribution in [3.8, 4) is 5.75 Å². The quantitative estimate of drug-likeness (QED) is 0.814. The van der Waals surface area contributed by atoms with E-state index in [1.54, 1.807) is 0 Å². The molecule has 0 aromatic heterocycles. The Morgan fingerprint density at radius 1 is 1.33 bits per heavy atom. The summed E-state index contributed by atoms with van der Waals surface area (Å²) < 4.78 is 68.4. The SMILES string of the molecule is CCCN(C1CCNC1)S(=O)(=O)c1ccccc1OC(F)(F)F.Cl. The fraction of sp³-hybridized carbons (Fsp3) is 0.571. The van der Waals surface area contributed by atoms with Gasteiger partial charge in [-0.15, -0.1) is 25.6 Å². The Labute approximate surface area is 145 Å². The number of sulfonamides is 1. The number of hydrogen-bond donors (Lipinski definition) is 1. The van der Waals surface area contributed by atoms with Gasteiger partial charge in [0.25, 0.3) is 0 Å². The van der Waals surface area contributed by atoms with E-state index in [-0.39, 0.29) is 25.0 Å². The van der Waals surface area contributed by atoms with E-state index < -0.39 is 27.0 Å². The van der Waals surface area contributed by atoms with E-state index in [1.165, 1.54) is 16.4 Å². The molecule has 0 amide bonds. The number of halogens is 4. The minimum atomic E-state index is -4.95. The fourth-order valence-electron chi connectivity index (χ4n) is 2.60. The minimum Gasteiger partial charge on any atom is -0.404 e. The van der Waals surface area contributed by atoms with Gasteiger partial charge in [-0.05, 0) is 31.5 Å². The smallest absolute Gasteiger partial charge is 0.404 e. The Kier molecular flexibility index (Phi) is 7.33. The van der Waals surface area contributed by atoms with Gasteiger partial charge in [0.15, 0.2) is 0 Å². The molecule has 1 unspecified atom stereocenters. The van der Waals surface area contributed by atoms with Crippen molar-refractivity contribution >= 4 is 22.4 Å². The zero-order valence-corrected chi connectivity index (χ0v) is 14.7. The molecule has 1 fully saturated rings. The first-order valence-corrected chi connectivity index (χ1v) is 8.77. The molecule has 1 aliphatic heterocycles. The molecule has 1 heterocycles. The molecular weight excluding hydrogens is 369 g/mol. The van der Waals surface area contributed by atoms with Crippen molar-refractivity contribution in [1.29, 1.82) is 0 Å². The first kappa shape index (κ1) is 21.0. The maximum atomic E-state index is 12.9. The molecular formula is C14H20ClF3N2O3S. The molecule has 1 aromatic carbocycles. The summed E-state index contributed by atoms with van der Waals surface area (Å²) in [7, 11) is -4.08. The van der Waals surface area contributed by atoms with Crippen LogP contribution in [-0.4, -0.2) is 44.8 Å². The highest BCUT2D eigenvalue weighted by atomic mass is 35.5. The molecule has 1 atom stereocenters. The Hall–Kier alpha value is -1.03. The molecule has 1 aromatic rings. The van der Waals surface area contributed by atoms with Gasteiger partial charge in [-0.3, -0.25) is 0 Å². The summed E-state index contributed by atoms with van der Waals surface area (Å²) in [6, 6.07) is 4.58. The third-order valence-corrected chi connectivity index (χ3v) is 5.54. The molecule has 1 N–H and O–H groups in total. The van der Waals surface area contributed by atoms with Gasteiger partial charge in [0.2, 0.25) is 10.0 Å².